The molecule has 0 aliphatic heterocycles. The summed E-state index contributed by atoms with van der Waals surface area (Å²) in [7, 11) is 0. The van der Waals surface area contributed by atoms with Gasteiger partial charge in [-0.3, -0.25) is 14.3 Å². The molecule has 0 bridgehead atoms. The van der Waals surface area contributed by atoms with Gasteiger partial charge in [0.1, 0.15) is 6.73 Å². The van der Waals surface area contributed by atoms with Crippen LogP contribution < -0.4 is 11.2 Å². The maximum absolute atomic E-state index is 12.1. The molecule has 1 N–H and O–H groups in total. The van der Waals surface area contributed by atoms with E-state index in [2.05, 4.69) is 4.98 Å². The molecule has 0 amide bonds. The molecule has 0 saturated heterocycles. The topological polar surface area (TPSA) is 64.1 Å². The minimum absolute atomic E-state index is 0.153. The van der Waals surface area contributed by atoms with E-state index in [1.54, 1.807) is 0 Å². The average molecular weight is 302 g/mol. The molecule has 2 aromatic rings. The van der Waals surface area contributed by atoms with Crippen LogP contribution >= 0.6 is 0 Å². The van der Waals surface area contributed by atoms with Crippen LogP contribution in [0.3, 0.4) is 0 Å². The van der Waals surface area contributed by atoms with Crippen LogP contribution in [0.15, 0.2) is 33.9 Å². The fourth-order valence-corrected chi connectivity index (χ4v) is 2.44. The van der Waals surface area contributed by atoms with Crippen LogP contribution in [-0.4, -0.2) is 16.2 Å². The highest BCUT2D eigenvalue weighted by Crippen LogP contribution is 2.12. The predicted octanol–water partition coefficient (Wildman–Crippen LogP) is 1.99. The SMILES string of the molecule is CCOCn1c(Cc2ccc(C)cc2)c(CC)c(=O)[nH]c1=O. The summed E-state index contributed by atoms with van der Waals surface area (Å²) in [6.07, 6.45) is 1.11. The first-order chi connectivity index (χ1) is 10.6. The first-order valence-corrected chi connectivity index (χ1v) is 7.55. The third-order valence-electron chi connectivity index (χ3n) is 3.68. The molecule has 0 spiro atoms. The van der Waals surface area contributed by atoms with Crippen molar-refractivity contribution in [1.82, 2.24) is 9.55 Å². The van der Waals surface area contributed by atoms with E-state index in [0.29, 0.717) is 25.0 Å². The van der Waals surface area contributed by atoms with E-state index in [-0.39, 0.29) is 12.3 Å². The molecule has 0 atom stereocenters. The molecular formula is C17H22N2O3. The Morgan fingerprint density at radius 2 is 1.82 bits per heavy atom. The van der Waals surface area contributed by atoms with Gasteiger partial charge in [-0.1, -0.05) is 36.8 Å². The number of benzene rings is 1. The van der Waals surface area contributed by atoms with Gasteiger partial charge in [-0.05, 0) is 25.8 Å². The largest absolute Gasteiger partial charge is 0.361 e. The third-order valence-corrected chi connectivity index (χ3v) is 3.68. The minimum atomic E-state index is -0.419. The van der Waals surface area contributed by atoms with Crippen molar-refractivity contribution in [3.05, 3.63) is 67.5 Å². The van der Waals surface area contributed by atoms with Crippen molar-refractivity contribution in [1.29, 1.82) is 0 Å². The molecule has 0 aliphatic carbocycles. The number of rotatable bonds is 6. The average Bonchev–Trinajstić information content (AvgIpc) is 2.49. The molecule has 22 heavy (non-hydrogen) atoms. The number of H-pyrrole nitrogens is 1. The number of nitrogens with one attached hydrogen (secondary N) is 1. The van der Waals surface area contributed by atoms with E-state index in [1.807, 2.05) is 45.0 Å². The Morgan fingerprint density at radius 3 is 2.41 bits per heavy atom. The van der Waals surface area contributed by atoms with Gasteiger partial charge in [-0.15, -0.1) is 0 Å². The summed E-state index contributed by atoms with van der Waals surface area (Å²) in [5.74, 6) is 0. The van der Waals surface area contributed by atoms with Gasteiger partial charge in [0, 0.05) is 24.3 Å². The van der Waals surface area contributed by atoms with Crippen molar-refractivity contribution in [3.8, 4) is 0 Å². The van der Waals surface area contributed by atoms with E-state index in [4.69, 9.17) is 4.74 Å². The first-order valence-electron chi connectivity index (χ1n) is 7.55. The van der Waals surface area contributed by atoms with Gasteiger partial charge >= 0.3 is 5.69 Å². The molecule has 1 aromatic heterocycles. The Kier molecular flexibility index (Phi) is 5.33. The summed E-state index contributed by atoms with van der Waals surface area (Å²) < 4.78 is 6.90. The number of aromatic amines is 1. The standard InChI is InChI=1S/C17H22N2O3/c1-4-14-15(10-13-8-6-12(3)7-9-13)19(11-22-5-2)17(21)18-16(14)20/h6-9H,4-5,10-11H2,1-3H3,(H,18,20,21). The van der Waals surface area contributed by atoms with Crippen molar-refractivity contribution in [2.45, 2.75) is 40.3 Å². The quantitative estimate of drug-likeness (QED) is 0.887. The van der Waals surface area contributed by atoms with Crippen LogP contribution in [0.2, 0.25) is 0 Å². The van der Waals surface area contributed by atoms with E-state index in [0.717, 1.165) is 11.3 Å². The number of nitrogens with zero attached hydrogens (tertiary/aromatic N) is 1. The van der Waals surface area contributed by atoms with Gasteiger partial charge in [0.05, 0.1) is 0 Å². The lowest BCUT2D eigenvalue weighted by Crippen LogP contribution is -2.36. The van der Waals surface area contributed by atoms with Gasteiger partial charge in [0.15, 0.2) is 0 Å². The Hall–Kier alpha value is -2.14. The summed E-state index contributed by atoms with van der Waals surface area (Å²) in [4.78, 5) is 26.5. The molecule has 5 heteroatoms. The van der Waals surface area contributed by atoms with Crippen LogP contribution in [0.1, 0.15) is 36.2 Å². The minimum Gasteiger partial charge on any atom is -0.361 e. The van der Waals surface area contributed by atoms with Gasteiger partial charge < -0.3 is 4.74 Å². The summed E-state index contributed by atoms with van der Waals surface area (Å²) in [5, 5.41) is 0. The monoisotopic (exact) mass is 302 g/mol. The molecular weight excluding hydrogens is 280 g/mol. The van der Waals surface area contributed by atoms with Crippen LogP contribution in [-0.2, 0) is 24.3 Å². The van der Waals surface area contributed by atoms with E-state index >= 15 is 0 Å². The fourth-order valence-electron chi connectivity index (χ4n) is 2.44. The molecule has 0 saturated carbocycles. The van der Waals surface area contributed by atoms with Crippen molar-refractivity contribution < 1.29 is 4.74 Å². The van der Waals surface area contributed by atoms with Crippen LogP contribution in [0, 0.1) is 6.92 Å². The molecule has 0 aliphatic rings. The Balaban J connectivity index is 2.52. The van der Waals surface area contributed by atoms with Gasteiger partial charge in [-0.2, -0.15) is 0 Å². The number of hydrogen-bond acceptors (Lipinski definition) is 3. The highest BCUT2D eigenvalue weighted by molar-refractivity contribution is 5.29. The maximum atomic E-state index is 12.1. The fraction of sp³-hybridized carbons (Fsp3) is 0.412. The lowest BCUT2D eigenvalue weighted by Gasteiger charge is -2.15. The Labute approximate surface area is 129 Å². The summed E-state index contributed by atoms with van der Waals surface area (Å²) >= 11 is 0. The summed E-state index contributed by atoms with van der Waals surface area (Å²) in [5.41, 5.74) is 2.89. The van der Waals surface area contributed by atoms with E-state index in [1.165, 1.54) is 10.1 Å². The number of aryl methyl sites for hydroxylation is 1. The molecule has 5 nitrogen and oxygen atoms in total. The number of ether oxygens (including phenoxy) is 1. The van der Waals surface area contributed by atoms with Crippen molar-refractivity contribution in [3.63, 3.8) is 0 Å². The zero-order valence-electron chi connectivity index (χ0n) is 13.3. The molecule has 0 unspecified atom stereocenters. The van der Waals surface area contributed by atoms with Crippen molar-refractivity contribution in [2.75, 3.05) is 6.61 Å². The molecule has 0 radical (unpaired) electrons. The predicted molar refractivity (Wildman–Crippen MR) is 86.3 cm³/mol. The second-order valence-electron chi connectivity index (χ2n) is 5.25. The summed E-state index contributed by atoms with van der Waals surface area (Å²) in [6, 6.07) is 8.09. The van der Waals surface area contributed by atoms with Crippen molar-refractivity contribution in [2.24, 2.45) is 0 Å². The molecule has 2 rings (SSSR count). The Bertz CT molecular complexity index is 742. The highest BCUT2D eigenvalue weighted by atomic mass is 16.5. The maximum Gasteiger partial charge on any atom is 0.330 e. The molecule has 118 valence electrons. The van der Waals surface area contributed by atoms with Gasteiger partial charge in [0.2, 0.25) is 0 Å². The zero-order valence-corrected chi connectivity index (χ0v) is 13.3. The van der Waals surface area contributed by atoms with Crippen LogP contribution in [0.5, 0.6) is 0 Å². The lowest BCUT2D eigenvalue weighted by molar-refractivity contribution is 0.0822. The van der Waals surface area contributed by atoms with E-state index < -0.39 is 5.69 Å². The second-order valence-corrected chi connectivity index (χ2v) is 5.25. The van der Waals surface area contributed by atoms with Crippen LogP contribution in [0.4, 0.5) is 0 Å². The normalized spacial score (nSPS) is 10.9. The number of aromatic nitrogens is 2. The van der Waals surface area contributed by atoms with E-state index in [9.17, 15) is 9.59 Å². The summed E-state index contributed by atoms with van der Waals surface area (Å²) in [6.45, 7) is 6.48. The molecule has 0 fully saturated rings. The van der Waals surface area contributed by atoms with Gasteiger partial charge in [0.25, 0.3) is 5.56 Å². The lowest BCUT2D eigenvalue weighted by atomic mass is 10.0. The highest BCUT2D eigenvalue weighted by Gasteiger charge is 2.14. The Morgan fingerprint density at radius 1 is 1.14 bits per heavy atom. The van der Waals surface area contributed by atoms with Crippen LogP contribution in [0.25, 0.3) is 0 Å². The molecule has 1 aromatic carbocycles. The zero-order chi connectivity index (χ0) is 16.1. The van der Waals surface area contributed by atoms with Gasteiger partial charge in [-0.25, -0.2) is 4.79 Å². The smallest absolute Gasteiger partial charge is 0.330 e. The second kappa shape index (κ2) is 7.22. The molecule has 1 heterocycles. The van der Waals surface area contributed by atoms with Crippen molar-refractivity contribution >= 4 is 0 Å². The third kappa shape index (κ3) is 3.54. The number of hydrogen-bond donors (Lipinski definition) is 1. The first kappa shape index (κ1) is 16.2.